The molecule has 1 N–H and O–H groups in total. The summed E-state index contributed by atoms with van der Waals surface area (Å²) in [6, 6.07) is 20.5. The third-order valence-corrected chi connectivity index (χ3v) is 7.36. The van der Waals surface area contributed by atoms with Gasteiger partial charge in [0.15, 0.2) is 5.69 Å². The lowest BCUT2D eigenvalue weighted by Crippen LogP contribution is -2.35. The topological polar surface area (TPSA) is 104 Å². The fraction of sp³-hybridized carbons (Fsp3) is 0.160. The minimum atomic E-state index is -4.05. The molecule has 4 rings (SSSR count). The summed E-state index contributed by atoms with van der Waals surface area (Å²) in [6.07, 6.45) is 0. The first-order valence-corrected chi connectivity index (χ1v) is 12.0. The second kappa shape index (κ2) is 9.11. The molecule has 8 nitrogen and oxygen atoms in total. The molecule has 0 aliphatic heterocycles. The van der Waals surface area contributed by atoms with Gasteiger partial charge in [-0.15, -0.1) is 10.2 Å². The lowest BCUT2D eigenvalue weighted by Gasteiger charge is -2.24. The molecule has 0 saturated carbocycles. The zero-order chi connectivity index (χ0) is 24.5. The van der Waals surface area contributed by atoms with E-state index in [1.807, 2.05) is 19.1 Å². The largest absolute Gasteiger partial charge is 0.493 e. The number of aromatic hydroxyl groups is 1. The minimum absolute atomic E-state index is 0.0674. The van der Waals surface area contributed by atoms with Crippen molar-refractivity contribution in [2.24, 2.45) is 17.3 Å². The Bertz CT molecular complexity index is 1510. The van der Waals surface area contributed by atoms with Crippen LogP contribution in [-0.4, -0.2) is 30.5 Å². The summed E-state index contributed by atoms with van der Waals surface area (Å²) < 4.78 is 29.6. The Morgan fingerprint density at radius 3 is 2.32 bits per heavy atom. The second-order valence-electron chi connectivity index (χ2n) is 7.95. The molecular weight excluding hydrogens is 452 g/mol. The molecule has 34 heavy (non-hydrogen) atoms. The summed E-state index contributed by atoms with van der Waals surface area (Å²) in [5.41, 5.74) is 2.86. The van der Waals surface area contributed by atoms with Crippen molar-refractivity contribution in [1.29, 1.82) is 0 Å². The van der Waals surface area contributed by atoms with Gasteiger partial charge in [-0.1, -0.05) is 54.1 Å². The Morgan fingerprint density at radius 1 is 0.971 bits per heavy atom. The smallest absolute Gasteiger partial charge is 0.285 e. The highest BCUT2D eigenvalue weighted by atomic mass is 32.2. The van der Waals surface area contributed by atoms with E-state index >= 15 is 0 Å². The Labute approximate surface area is 197 Å². The molecular formula is C25H24N4O4S. The van der Waals surface area contributed by atoms with Crippen molar-refractivity contribution >= 4 is 38.2 Å². The maximum Gasteiger partial charge on any atom is 0.285 e. The summed E-state index contributed by atoms with van der Waals surface area (Å²) in [4.78, 5) is 12.9. The molecule has 0 spiro atoms. The van der Waals surface area contributed by atoms with Crippen LogP contribution in [0.25, 0.3) is 10.9 Å². The molecule has 0 aliphatic carbocycles. The normalized spacial score (nSPS) is 11.9. The number of para-hydroxylation sites is 2. The molecule has 0 bridgehead atoms. The first kappa shape index (κ1) is 23.2. The third-order valence-electron chi connectivity index (χ3n) is 5.58. The van der Waals surface area contributed by atoms with E-state index in [1.54, 1.807) is 62.5 Å². The van der Waals surface area contributed by atoms with Gasteiger partial charge in [0.1, 0.15) is 6.54 Å². The molecule has 4 aromatic rings. The van der Waals surface area contributed by atoms with E-state index in [2.05, 4.69) is 10.2 Å². The molecule has 0 radical (unpaired) electrons. The Morgan fingerprint density at radius 2 is 1.62 bits per heavy atom. The van der Waals surface area contributed by atoms with E-state index in [9.17, 15) is 18.3 Å². The predicted octanol–water partition coefficient (Wildman–Crippen LogP) is 5.01. The van der Waals surface area contributed by atoms with Crippen LogP contribution in [0.2, 0.25) is 0 Å². The number of aryl methyl sites for hydroxylation is 3. The second-order valence-corrected chi connectivity index (χ2v) is 9.82. The molecule has 0 aliphatic rings. The average molecular weight is 477 g/mol. The quantitative estimate of drug-likeness (QED) is 0.395. The van der Waals surface area contributed by atoms with E-state index in [-0.39, 0.29) is 16.5 Å². The van der Waals surface area contributed by atoms with Crippen LogP contribution in [0, 0.1) is 13.8 Å². The monoisotopic (exact) mass is 476 g/mol. The summed E-state index contributed by atoms with van der Waals surface area (Å²) in [5.74, 6) is -0.910. The molecule has 0 saturated heterocycles. The highest BCUT2D eigenvalue weighted by Crippen LogP contribution is 2.37. The van der Waals surface area contributed by atoms with Crippen molar-refractivity contribution in [3.8, 4) is 5.88 Å². The van der Waals surface area contributed by atoms with Gasteiger partial charge in [-0.3, -0.25) is 9.10 Å². The maximum atomic E-state index is 13.5. The SMILES string of the molecule is Cc1ccc(S(=O)(=O)N(CC(=O)N=Nc2c(O)n(C)c3ccccc23)c2ccccc2C)cc1. The third kappa shape index (κ3) is 4.29. The van der Waals surface area contributed by atoms with Gasteiger partial charge in [-0.2, -0.15) is 0 Å². The number of amides is 1. The van der Waals surface area contributed by atoms with Gasteiger partial charge in [0.05, 0.1) is 16.1 Å². The number of carbonyl (C=O) groups is 1. The van der Waals surface area contributed by atoms with E-state index in [0.717, 1.165) is 15.4 Å². The molecule has 0 atom stereocenters. The number of nitrogens with zero attached hydrogens (tertiary/aromatic N) is 4. The van der Waals surface area contributed by atoms with Gasteiger partial charge in [0.25, 0.3) is 15.9 Å². The highest BCUT2D eigenvalue weighted by molar-refractivity contribution is 7.92. The lowest BCUT2D eigenvalue weighted by atomic mass is 10.2. The number of benzene rings is 3. The van der Waals surface area contributed by atoms with Crippen LogP contribution in [0.15, 0.2) is 87.9 Å². The molecule has 0 fully saturated rings. The van der Waals surface area contributed by atoms with Gasteiger partial charge in [-0.05, 0) is 43.7 Å². The zero-order valence-electron chi connectivity index (χ0n) is 19.0. The van der Waals surface area contributed by atoms with Crippen molar-refractivity contribution in [3.63, 3.8) is 0 Å². The molecule has 1 amide bonds. The number of sulfonamides is 1. The predicted molar refractivity (Wildman–Crippen MR) is 131 cm³/mol. The molecule has 0 unspecified atom stereocenters. The van der Waals surface area contributed by atoms with Crippen LogP contribution in [0.3, 0.4) is 0 Å². The lowest BCUT2D eigenvalue weighted by molar-refractivity contribution is -0.116. The molecule has 1 heterocycles. The summed E-state index contributed by atoms with van der Waals surface area (Å²) in [5, 5.41) is 18.8. The first-order valence-electron chi connectivity index (χ1n) is 10.6. The zero-order valence-corrected chi connectivity index (χ0v) is 19.8. The van der Waals surface area contributed by atoms with Crippen LogP contribution in [0.5, 0.6) is 5.88 Å². The molecule has 1 aromatic heterocycles. The number of fused-ring (bicyclic) bond motifs is 1. The maximum absolute atomic E-state index is 13.5. The Balaban J connectivity index is 1.70. The molecule has 3 aromatic carbocycles. The molecule has 9 heteroatoms. The summed E-state index contributed by atoms with van der Waals surface area (Å²) in [6.45, 7) is 3.09. The number of carbonyl (C=O) groups excluding carboxylic acids is 1. The fourth-order valence-corrected chi connectivity index (χ4v) is 5.18. The average Bonchev–Trinajstić information content (AvgIpc) is 3.06. The van der Waals surface area contributed by atoms with Crippen LogP contribution in [0.4, 0.5) is 11.4 Å². The van der Waals surface area contributed by atoms with E-state index in [0.29, 0.717) is 16.6 Å². The van der Waals surface area contributed by atoms with Crippen LogP contribution >= 0.6 is 0 Å². The van der Waals surface area contributed by atoms with Crippen molar-refractivity contribution in [1.82, 2.24) is 4.57 Å². The Hall–Kier alpha value is -3.98. The highest BCUT2D eigenvalue weighted by Gasteiger charge is 2.28. The van der Waals surface area contributed by atoms with E-state index in [1.165, 1.54) is 16.7 Å². The summed E-state index contributed by atoms with van der Waals surface area (Å²) >= 11 is 0. The van der Waals surface area contributed by atoms with Gasteiger partial charge in [-0.25, -0.2) is 8.42 Å². The van der Waals surface area contributed by atoms with Crippen molar-refractivity contribution in [3.05, 3.63) is 83.9 Å². The molecule has 174 valence electrons. The van der Waals surface area contributed by atoms with Crippen LogP contribution < -0.4 is 4.31 Å². The number of rotatable bonds is 6. The number of hydrogen-bond donors (Lipinski definition) is 1. The van der Waals surface area contributed by atoms with Gasteiger partial charge < -0.3 is 9.67 Å². The van der Waals surface area contributed by atoms with E-state index < -0.39 is 22.5 Å². The standard InChI is InChI=1S/C25H24N4O4S/c1-17-12-14-19(15-13-17)34(32,33)29(21-10-6-4-8-18(21)2)16-23(30)26-27-24-20-9-5-7-11-22(20)28(3)25(24)31/h4-15,31H,16H2,1-3H3. The van der Waals surface area contributed by atoms with Gasteiger partial charge in [0.2, 0.25) is 5.88 Å². The number of azo groups is 1. The van der Waals surface area contributed by atoms with Crippen LogP contribution in [-0.2, 0) is 21.9 Å². The van der Waals surface area contributed by atoms with Crippen LogP contribution in [0.1, 0.15) is 11.1 Å². The van der Waals surface area contributed by atoms with Crippen molar-refractivity contribution in [2.75, 3.05) is 10.8 Å². The number of hydrogen-bond acceptors (Lipinski definition) is 5. The van der Waals surface area contributed by atoms with E-state index in [4.69, 9.17) is 0 Å². The van der Waals surface area contributed by atoms with Crippen molar-refractivity contribution in [2.45, 2.75) is 18.7 Å². The summed E-state index contributed by atoms with van der Waals surface area (Å²) in [7, 11) is -2.38. The van der Waals surface area contributed by atoms with Crippen molar-refractivity contribution < 1.29 is 18.3 Å². The number of anilines is 1. The fourth-order valence-electron chi connectivity index (χ4n) is 3.70. The minimum Gasteiger partial charge on any atom is -0.493 e. The van der Waals surface area contributed by atoms with Gasteiger partial charge in [0, 0.05) is 12.4 Å². The number of aromatic nitrogens is 1. The first-order chi connectivity index (χ1) is 16.2. The van der Waals surface area contributed by atoms with Gasteiger partial charge >= 0.3 is 0 Å². The Kier molecular flexibility index (Phi) is 6.21.